The molecule has 0 saturated heterocycles. The van der Waals surface area contributed by atoms with Gasteiger partial charge in [-0.05, 0) is 37.3 Å². The van der Waals surface area contributed by atoms with E-state index in [1.54, 1.807) is 6.07 Å². The Bertz CT molecular complexity index is 893. The second-order valence-corrected chi connectivity index (χ2v) is 6.41. The van der Waals surface area contributed by atoms with Gasteiger partial charge < -0.3 is 10.1 Å². The molecule has 0 saturated carbocycles. The maximum atomic E-state index is 13.3. The first kappa shape index (κ1) is 19.8. The third-order valence-corrected chi connectivity index (χ3v) is 4.03. The predicted molar refractivity (Wildman–Crippen MR) is 95.7 cm³/mol. The largest absolute Gasteiger partial charge is 0.449 e. The second kappa shape index (κ2) is 8.24. The van der Waals surface area contributed by atoms with Crippen molar-refractivity contribution in [3.05, 3.63) is 67.4 Å². The highest BCUT2D eigenvalue weighted by atomic mass is 79.9. The van der Waals surface area contributed by atoms with E-state index < -0.39 is 34.4 Å². The number of rotatable bonds is 5. The number of hydrogen-bond donors (Lipinski definition) is 1. The predicted octanol–water partition coefficient (Wildman–Crippen LogP) is 4.33. The Hall–Kier alpha value is -2.52. The molecule has 0 aliphatic heterocycles. The summed E-state index contributed by atoms with van der Waals surface area (Å²) in [4.78, 5) is 34.0. The van der Waals surface area contributed by atoms with Gasteiger partial charge in [0.2, 0.25) is 5.82 Å². The zero-order chi connectivity index (χ0) is 19.4. The topological polar surface area (TPSA) is 98.5 Å². The average Bonchev–Trinajstić information content (AvgIpc) is 2.58. The number of amides is 1. The molecule has 0 aliphatic rings. The molecule has 10 heteroatoms. The van der Waals surface area contributed by atoms with Gasteiger partial charge in [-0.3, -0.25) is 14.9 Å². The number of ether oxygens (including phenoxy) is 1. The highest BCUT2D eigenvalue weighted by molar-refractivity contribution is 9.10. The van der Waals surface area contributed by atoms with E-state index in [0.29, 0.717) is 4.47 Å². The van der Waals surface area contributed by atoms with E-state index in [2.05, 4.69) is 21.2 Å². The molecule has 0 heterocycles. The van der Waals surface area contributed by atoms with Crippen LogP contribution < -0.4 is 5.32 Å². The van der Waals surface area contributed by atoms with Crippen LogP contribution in [-0.4, -0.2) is 22.9 Å². The molecule has 7 nitrogen and oxygen atoms in total. The summed E-state index contributed by atoms with van der Waals surface area (Å²) in [7, 11) is 0. The summed E-state index contributed by atoms with van der Waals surface area (Å²) in [5.41, 5.74) is -0.724. The summed E-state index contributed by atoms with van der Waals surface area (Å²) < 4.78 is 19.0. The number of carbonyl (C=O) groups is 2. The Labute approximate surface area is 160 Å². The van der Waals surface area contributed by atoms with Crippen LogP contribution in [0.15, 0.2) is 40.9 Å². The molecule has 0 spiro atoms. The van der Waals surface area contributed by atoms with Crippen molar-refractivity contribution < 1.29 is 23.6 Å². The van der Waals surface area contributed by atoms with Gasteiger partial charge in [-0.15, -0.1) is 0 Å². The van der Waals surface area contributed by atoms with E-state index in [9.17, 15) is 24.1 Å². The summed E-state index contributed by atoms with van der Waals surface area (Å²) >= 11 is 9.12. The quantitative estimate of drug-likeness (QED) is 0.419. The second-order valence-electron chi connectivity index (χ2n) is 5.08. The number of nitro benzene ring substituents is 1. The average molecular weight is 446 g/mol. The lowest BCUT2D eigenvalue weighted by atomic mass is 10.2. The fourth-order valence-corrected chi connectivity index (χ4v) is 2.46. The normalized spacial score (nSPS) is 11.5. The molecule has 2 aromatic carbocycles. The molecule has 0 fully saturated rings. The van der Waals surface area contributed by atoms with E-state index in [-0.39, 0.29) is 16.3 Å². The van der Waals surface area contributed by atoms with E-state index in [1.807, 2.05) is 0 Å². The lowest BCUT2D eigenvalue weighted by Crippen LogP contribution is -2.30. The maximum absolute atomic E-state index is 13.3. The van der Waals surface area contributed by atoms with Gasteiger partial charge in [0.25, 0.3) is 5.91 Å². The number of benzene rings is 2. The van der Waals surface area contributed by atoms with Gasteiger partial charge in [0.1, 0.15) is 0 Å². The minimum atomic E-state index is -1.22. The molecule has 1 N–H and O–H groups in total. The van der Waals surface area contributed by atoms with E-state index in [1.165, 1.54) is 19.1 Å². The zero-order valence-corrected chi connectivity index (χ0v) is 15.5. The molecule has 0 aliphatic carbocycles. The Morgan fingerprint density at radius 2 is 2.00 bits per heavy atom. The van der Waals surface area contributed by atoms with Crippen molar-refractivity contribution >= 4 is 50.8 Å². The number of nitrogens with zero attached hydrogens (tertiary/aromatic N) is 1. The number of carbonyl (C=O) groups excluding carboxylic acids is 2. The van der Waals surface area contributed by atoms with Gasteiger partial charge in [0, 0.05) is 16.2 Å². The molecule has 136 valence electrons. The van der Waals surface area contributed by atoms with E-state index in [4.69, 9.17) is 16.3 Å². The molecule has 1 amide bonds. The van der Waals surface area contributed by atoms with Crippen LogP contribution in [-0.2, 0) is 9.53 Å². The molecule has 0 aromatic heterocycles. The third-order valence-electron chi connectivity index (χ3n) is 3.21. The maximum Gasteiger partial charge on any atom is 0.340 e. The lowest BCUT2D eigenvalue weighted by Gasteiger charge is -2.14. The van der Waals surface area contributed by atoms with Crippen LogP contribution in [0, 0.1) is 15.9 Å². The smallest absolute Gasteiger partial charge is 0.340 e. The molecule has 0 radical (unpaired) electrons. The van der Waals surface area contributed by atoms with Crippen LogP contribution in [0.3, 0.4) is 0 Å². The van der Waals surface area contributed by atoms with Gasteiger partial charge >= 0.3 is 11.7 Å². The van der Waals surface area contributed by atoms with Gasteiger partial charge in [0.15, 0.2) is 6.10 Å². The van der Waals surface area contributed by atoms with Gasteiger partial charge in [-0.1, -0.05) is 27.5 Å². The van der Waals surface area contributed by atoms with Crippen LogP contribution in [0.1, 0.15) is 17.3 Å². The lowest BCUT2D eigenvalue weighted by molar-refractivity contribution is -0.387. The Balaban J connectivity index is 2.08. The number of nitrogens with one attached hydrogen (secondary N) is 1. The van der Waals surface area contributed by atoms with Crippen LogP contribution in [0.5, 0.6) is 0 Å². The first-order valence-corrected chi connectivity index (χ1v) is 8.27. The van der Waals surface area contributed by atoms with Gasteiger partial charge in [-0.2, -0.15) is 4.39 Å². The van der Waals surface area contributed by atoms with Crippen molar-refractivity contribution in [2.75, 3.05) is 5.32 Å². The zero-order valence-electron chi connectivity index (χ0n) is 13.2. The fourth-order valence-electron chi connectivity index (χ4n) is 1.91. The molecule has 0 bridgehead atoms. The highest BCUT2D eigenvalue weighted by Crippen LogP contribution is 2.23. The third kappa shape index (κ3) is 4.77. The monoisotopic (exact) mass is 444 g/mol. The van der Waals surface area contributed by atoms with Crippen molar-refractivity contribution in [1.29, 1.82) is 0 Å². The number of halogens is 3. The SMILES string of the molecule is CC(OC(=O)c1cc(Br)ccc1Cl)C(=O)Nc1ccc(F)c([N+](=O)[O-])c1. The molecular weight excluding hydrogens is 435 g/mol. The van der Waals surface area contributed by atoms with Crippen molar-refractivity contribution in [3.8, 4) is 0 Å². The number of esters is 1. The molecular formula is C16H11BrClFN2O5. The molecule has 2 aromatic rings. The van der Waals surface area contributed by atoms with Crippen molar-refractivity contribution in [1.82, 2.24) is 0 Å². The van der Waals surface area contributed by atoms with Crippen molar-refractivity contribution in [2.24, 2.45) is 0 Å². The number of nitro groups is 1. The summed E-state index contributed by atoms with van der Waals surface area (Å²) in [6.07, 6.45) is -1.22. The Morgan fingerprint density at radius 3 is 2.65 bits per heavy atom. The van der Waals surface area contributed by atoms with E-state index >= 15 is 0 Å². The molecule has 26 heavy (non-hydrogen) atoms. The number of hydrogen-bond acceptors (Lipinski definition) is 5. The minimum absolute atomic E-state index is 0.00788. The van der Waals surface area contributed by atoms with Crippen LogP contribution in [0.4, 0.5) is 15.8 Å². The number of anilines is 1. The van der Waals surface area contributed by atoms with E-state index in [0.717, 1.165) is 18.2 Å². The fraction of sp³-hybridized carbons (Fsp3) is 0.125. The first-order valence-electron chi connectivity index (χ1n) is 7.10. The Kier molecular flexibility index (Phi) is 6.27. The minimum Gasteiger partial charge on any atom is -0.449 e. The Morgan fingerprint density at radius 1 is 1.31 bits per heavy atom. The van der Waals surface area contributed by atoms with Gasteiger partial charge in [-0.25, -0.2) is 4.79 Å². The summed E-state index contributed by atoms with van der Waals surface area (Å²) in [6, 6.07) is 7.44. The van der Waals surface area contributed by atoms with Crippen molar-refractivity contribution in [2.45, 2.75) is 13.0 Å². The summed E-state index contributed by atoms with van der Waals surface area (Å²) in [6.45, 7) is 1.32. The van der Waals surface area contributed by atoms with Crippen LogP contribution in [0.25, 0.3) is 0 Å². The summed E-state index contributed by atoms with van der Waals surface area (Å²) in [5.74, 6) is -2.59. The molecule has 1 atom stereocenters. The van der Waals surface area contributed by atoms with Crippen LogP contribution >= 0.6 is 27.5 Å². The van der Waals surface area contributed by atoms with Crippen molar-refractivity contribution in [3.63, 3.8) is 0 Å². The summed E-state index contributed by atoms with van der Waals surface area (Å²) in [5, 5.41) is 13.2. The first-order chi connectivity index (χ1) is 12.2. The van der Waals surface area contributed by atoms with Gasteiger partial charge in [0.05, 0.1) is 15.5 Å². The highest BCUT2D eigenvalue weighted by Gasteiger charge is 2.22. The van der Waals surface area contributed by atoms with Crippen LogP contribution in [0.2, 0.25) is 5.02 Å². The molecule has 1 unspecified atom stereocenters. The standard InChI is InChI=1S/C16H11BrClFN2O5/c1-8(26-16(23)11-6-9(17)2-4-12(11)18)15(22)20-10-3-5-13(19)14(7-10)21(24)25/h2-8H,1H3,(H,20,22). The molecule has 2 rings (SSSR count).